The van der Waals surface area contributed by atoms with E-state index in [1.807, 2.05) is 31.2 Å². The number of hydrogen-bond donors (Lipinski definition) is 2. The molecule has 29 heavy (non-hydrogen) atoms. The molecule has 3 aromatic rings. The molecule has 0 heterocycles. The van der Waals surface area contributed by atoms with Gasteiger partial charge in [0.1, 0.15) is 11.5 Å². The van der Waals surface area contributed by atoms with Crippen LogP contribution in [0.4, 0.5) is 5.69 Å². The molecule has 0 radical (unpaired) electrons. The molecule has 0 unspecified atom stereocenters. The van der Waals surface area contributed by atoms with Gasteiger partial charge in [-0.05, 0) is 61.9 Å². The first kappa shape index (κ1) is 20.1. The van der Waals surface area contributed by atoms with Crippen LogP contribution in [0.15, 0.2) is 66.7 Å². The number of rotatable bonds is 8. The van der Waals surface area contributed by atoms with Gasteiger partial charge in [-0.3, -0.25) is 9.59 Å². The molecule has 3 rings (SSSR count). The number of nitrogens with two attached hydrogens (primary N) is 1. The standard InChI is InChI=1S/C24H23NO4/c1-16-8-14-19(15-9-16)29-23-7-2-4-20(24(23)25)22(28)6-3-5-21(27)17-10-12-18(26)13-11-17/h2,4,7-15,26H,3,5-6,25H2,1H3. The molecule has 0 fully saturated rings. The van der Waals surface area contributed by atoms with Crippen LogP contribution in [-0.4, -0.2) is 16.7 Å². The first-order valence-electron chi connectivity index (χ1n) is 9.42. The number of Topliss-reactive ketones (excluding diaryl/α,β-unsaturated/α-hetero) is 2. The Morgan fingerprint density at radius 1 is 0.897 bits per heavy atom. The second-order valence-corrected chi connectivity index (χ2v) is 6.88. The highest BCUT2D eigenvalue weighted by Crippen LogP contribution is 2.31. The van der Waals surface area contributed by atoms with Gasteiger partial charge in [0.15, 0.2) is 17.3 Å². The van der Waals surface area contributed by atoms with Gasteiger partial charge in [-0.15, -0.1) is 0 Å². The second kappa shape index (κ2) is 9.06. The molecule has 0 saturated carbocycles. The molecular weight excluding hydrogens is 366 g/mol. The minimum Gasteiger partial charge on any atom is -0.508 e. The Morgan fingerprint density at radius 2 is 1.55 bits per heavy atom. The lowest BCUT2D eigenvalue weighted by Crippen LogP contribution is -2.06. The van der Waals surface area contributed by atoms with E-state index in [1.165, 1.54) is 12.1 Å². The number of benzene rings is 3. The number of aromatic hydroxyl groups is 1. The van der Waals surface area contributed by atoms with E-state index in [1.54, 1.807) is 30.3 Å². The fraction of sp³-hybridized carbons (Fsp3) is 0.167. The van der Waals surface area contributed by atoms with Crippen molar-refractivity contribution in [1.29, 1.82) is 0 Å². The van der Waals surface area contributed by atoms with Crippen molar-refractivity contribution in [2.45, 2.75) is 26.2 Å². The molecule has 0 bridgehead atoms. The topological polar surface area (TPSA) is 89.6 Å². The first-order valence-corrected chi connectivity index (χ1v) is 9.42. The molecule has 148 valence electrons. The highest BCUT2D eigenvalue weighted by molar-refractivity contribution is 6.02. The summed E-state index contributed by atoms with van der Waals surface area (Å²) in [6.45, 7) is 1.99. The van der Waals surface area contributed by atoms with Crippen molar-refractivity contribution >= 4 is 17.3 Å². The van der Waals surface area contributed by atoms with E-state index in [2.05, 4.69) is 0 Å². The number of aryl methyl sites for hydroxylation is 1. The fourth-order valence-electron chi connectivity index (χ4n) is 2.95. The Kier molecular flexibility index (Phi) is 6.29. The molecule has 5 heteroatoms. The Hall–Kier alpha value is -3.60. The van der Waals surface area contributed by atoms with Crippen LogP contribution in [0.25, 0.3) is 0 Å². The van der Waals surface area contributed by atoms with E-state index >= 15 is 0 Å². The summed E-state index contributed by atoms with van der Waals surface area (Å²) in [7, 11) is 0. The van der Waals surface area contributed by atoms with Gasteiger partial charge in [0.25, 0.3) is 0 Å². The van der Waals surface area contributed by atoms with E-state index in [0.29, 0.717) is 34.7 Å². The number of carbonyl (C=O) groups excluding carboxylic acids is 2. The third kappa shape index (κ3) is 5.23. The smallest absolute Gasteiger partial charge is 0.165 e. The van der Waals surface area contributed by atoms with Crippen molar-refractivity contribution in [1.82, 2.24) is 0 Å². The van der Waals surface area contributed by atoms with Crippen LogP contribution in [0.2, 0.25) is 0 Å². The largest absolute Gasteiger partial charge is 0.508 e. The van der Waals surface area contributed by atoms with E-state index < -0.39 is 0 Å². The van der Waals surface area contributed by atoms with E-state index in [-0.39, 0.29) is 30.2 Å². The molecule has 5 nitrogen and oxygen atoms in total. The lowest BCUT2D eigenvalue weighted by molar-refractivity contribution is 0.0957. The van der Waals surface area contributed by atoms with Gasteiger partial charge in [0, 0.05) is 24.0 Å². The number of anilines is 1. The van der Waals surface area contributed by atoms with Gasteiger partial charge in [-0.1, -0.05) is 23.8 Å². The summed E-state index contributed by atoms with van der Waals surface area (Å²) < 4.78 is 5.81. The second-order valence-electron chi connectivity index (χ2n) is 6.88. The maximum atomic E-state index is 12.6. The Bertz CT molecular complexity index is 1010. The summed E-state index contributed by atoms with van der Waals surface area (Å²) in [6.07, 6.45) is 0.874. The van der Waals surface area contributed by atoms with Crippen LogP contribution in [0.5, 0.6) is 17.2 Å². The minimum absolute atomic E-state index is 0.0674. The minimum atomic E-state index is -0.129. The maximum absolute atomic E-state index is 12.6. The Balaban J connectivity index is 1.61. The summed E-state index contributed by atoms with van der Waals surface area (Å²) in [5.41, 5.74) is 8.49. The molecule has 0 aliphatic rings. The average Bonchev–Trinajstić information content (AvgIpc) is 2.71. The Labute approximate surface area is 169 Å². The monoisotopic (exact) mass is 389 g/mol. The van der Waals surface area contributed by atoms with Crippen LogP contribution in [0.3, 0.4) is 0 Å². The van der Waals surface area contributed by atoms with Crippen LogP contribution >= 0.6 is 0 Å². The van der Waals surface area contributed by atoms with Gasteiger partial charge in [0.05, 0.1) is 5.69 Å². The van der Waals surface area contributed by atoms with Gasteiger partial charge in [-0.25, -0.2) is 0 Å². The van der Waals surface area contributed by atoms with Crippen LogP contribution in [0, 0.1) is 6.92 Å². The van der Waals surface area contributed by atoms with Gasteiger partial charge in [0.2, 0.25) is 0 Å². The highest BCUT2D eigenvalue weighted by Gasteiger charge is 2.15. The quantitative estimate of drug-likeness (QED) is 0.402. The van der Waals surface area contributed by atoms with Crippen molar-refractivity contribution < 1.29 is 19.4 Å². The van der Waals surface area contributed by atoms with Gasteiger partial charge in [-0.2, -0.15) is 0 Å². The van der Waals surface area contributed by atoms with Crippen LogP contribution in [-0.2, 0) is 0 Å². The van der Waals surface area contributed by atoms with E-state index in [0.717, 1.165) is 5.56 Å². The number of ether oxygens (including phenoxy) is 1. The molecule has 0 spiro atoms. The summed E-state index contributed by atoms with van der Waals surface area (Å²) in [5.74, 6) is 0.990. The fourth-order valence-corrected chi connectivity index (χ4v) is 2.95. The predicted octanol–water partition coefficient (Wildman–Crippen LogP) is 5.31. The van der Waals surface area contributed by atoms with Gasteiger partial charge < -0.3 is 15.6 Å². The van der Waals surface area contributed by atoms with Crippen LogP contribution in [0.1, 0.15) is 45.5 Å². The van der Waals surface area contributed by atoms with Crippen molar-refractivity contribution in [3.8, 4) is 17.2 Å². The number of phenols is 1. The van der Waals surface area contributed by atoms with Crippen molar-refractivity contribution in [3.63, 3.8) is 0 Å². The zero-order chi connectivity index (χ0) is 20.8. The number of para-hydroxylation sites is 1. The summed E-state index contributed by atoms with van der Waals surface area (Å²) >= 11 is 0. The number of phenolic OH excluding ortho intramolecular Hbond substituents is 1. The number of carbonyl (C=O) groups is 2. The molecule has 0 saturated heterocycles. The molecule has 0 aromatic heterocycles. The average molecular weight is 389 g/mol. The lowest BCUT2D eigenvalue weighted by atomic mass is 10.0. The molecule has 3 aromatic carbocycles. The molecule has 0 amide bonds. The third-order valence-corrected chi connectivity index (χ3v) is 4.61. The molecule has 3 N–H and O–H groups in total. The highest BCUT2D eigenvalue weighted by atomic mass is 16.5. The van der Waals surface area contributed by atoms with E-state index in [9.17, 15) is 14.7 Å². The zero-order valence-corrected chi connectivity index (χ0v) is 16.2. The van der Waals surface area contributed by atoms with E-state index in [4.69, 9.17) is 10.5 Å². The number of hydrogen-bond acceptors (Lipinski definition) is 5. The van der Waals surface area contributed by atoms with Gasteiger partial charge >= 0.3 is 0 Å². The lowest BCUT2D eigenvalue weighted by Gasteiger charge is -2.12. The SMILES string of the molecule is Cc1ccc(Oc2cccc(C(=O)CCCC(=O)c3ccc(O)cc3)c2N)cc1. The van der Waals surface area contributed by atoms with Crippen LogP contribution < -0.4 is 10.5 Å². The number of ketones is 2. The summed E-state index contributed by atoms with van der Waals surface area (Å²) in [4.78, 5) is 24.8. The summed E-state index contributed by atoms with van der Waals surface area (Å²) in [5, 5.41) is 9.29. The molecular formula is C24H23NO4. The predicted molar refractivity (Wildman–Crippen MR) is 113 cm³/mol. The molecule has 0 aliphatic carbocycles. The third-order valence-electron chi connectivity index (χ3n) is 4.61. The first-order chi connectivity index (χ1) is 13.9. The van der Waals surface area contributed by atoms with Crippen molar-refractivity contribution in [3.05, 3.63) is 83.4 Å². The molecule has 0 atom stereocenters. The number of nitrogen functional groups attached to an aromatic ring is 1. The summed E-state index contributed by atoms with van der Waals surface area (Å²) in [6, 6.07) is 18.8. The van der Waals surface area contributed by atoms with Crippen molar-refractivity contribution in [2.75, 3.05) is 5.73 Å². The molecule has 0 aliphatic heterocycles. The maximum Gasteiger partial charge on any atom is 0.165 e. The Morgan fingerprint density at radius 3 is 2.24 bits per heavy atom. The zero-order valence-electron chi connectivity index (χ0n) is 16.2. The van der Waals surface area contributed by atoms with Crippen molar-refractivity contribution in [2.24, 2.45) is 0 Å². The normalized spacial score (nSPS) is 10.5.